The lowest BCUT2D eigenvalue weighted by Crippen LogP contribution is -2.11. The van der Waals surface area contributed by atoms with Gasteiger partial charge < -0.3 is 0 Å². The Kier molecular flexibility index (Phi) is 7.27. The van der Waals surface area contributed by atoms with E-state index in [9.17, 15) is 4.79 Å². The number of aryl methyl sites for hydroxylation is 2. The molecule has 3 aromatic rings. The highest BCUT2D eigenvalue weighted by molar-refractivity contribution is 7.16. The number of benzene rings is 2. The zero-order valence-electron chi connectivity index (χ0n) is 16.0. The third-order valence-electron chi connectivity index (χ3n) is 3.84. The molecule has 0 fully saturated rings. The molecule has 27 heavy (non-hydrogen) atoms. The zero-order valence-corrected chi connectivity index (χ0v) is 16.9. The van der Waals surface area contributed by atoms with Crippen molar-refractivity contribution >= 4 is 22.4 Å². The maximum Gasteiger partial charge on any atom is 0.257 e. The number of nitriles is 1. The molecule has 0 spiro atoms. The van der Waals surface area contributed by atoms with Crippen LogP contribution < -0.4 is 5.32 Å². The van der Waals surface area contributed by atoms with Crippen LogP contribution in [0.3, 0.4) is 0 Å². The van der Waals surface area contributed by atoms with Gasteiger partial charge in [0.1, 0.15) is 0 Å². The first-order valence-electron chi connectivity index (χ1n) is 8.99. The Morgan fingerprint density at radius 3 is 2.30 bits per heavy atom. The van der Waals surface area contributed by atoms with E-state index >= 15 is 0 Å². The van der Waals surface area contributed by atoms with Gasteiger partial charge in [-0.15, -0.1) is 11.3 Å². The Hall–Kier alpha value is -2.97. The zero-order chi connectivity index (χ0) is 19.8. The van der Waals surface area contributed by atoms with E-state index in [0.717, 1.165) is 22.6 Å². The molecule has 138 valence electrons. The van der Waals surface area contributed by atoms with Gasteiger partial charge in [-0.2, -0.15) is 5.26 Å². The summed E-state index contributed by atoms with van der Waals surface area (Å²) in [6.45, 7) is 8.13. The number of hydrogen-bond acceptors (Lipinski definition) is 4. The summed E-state index contributed by atoms with van der Waals surface area (Å²) >= 11 is 1.49. The minimum absolute atomic E-state index is 0.226. The SMILES string of the molecule is CC.CCc1sc(NC(=O)c2ccc(C#N)cc2)nc1-c1ccc(C)cc1. The molecule has 2 aromatic carbocycles. The molecule has 0 aliphatic heterocycles. The summed E-state index contributed by atoms with van der Waals surface area (Å²) in [6, 6.07) is 16.8. The van der Waals surface area contributed by atoms with Crippen LogP contribution in [-0.2, 0) is 6.42 Å². The van der Waals surface area contributed by atoms with Crippen molar-refractivity contribution < 1.29 is 4.79 Å². The number of carbonyl (C=O) groups is 1. The van der Waals surface area contributed by atoms with Gasteiger partial charge in [-0.1, -0.05) is 50.6 Å². The molecule has 5 heteroatoms. The molecule has 1 heterocycles. The molecule has 0 aliphatic rings. The summed E-state index contributed by atoms with van der Waals surface area (Å²) in [4.78, 5) is 18.1. The maximum absolute atomic E-state index is 12.4. The molecule has 1 N–H and O–H groups in total. The molecule has 0 unspecified atom stereocenters. The second-order valence-electron chi connectivity index (χ2n) is 5.65. The monoisotopic (exact) mass is 377 g/mol. The van der Waals surface area contributed by atoms with Crippen LogP contribution in [0.25, 0.3) is 11.3 Å². The van der Waals surface area contributed by atoms with Gasteiger partial charge in [0, 0.05) is 16.0 Å². The molecule has 0 saturated heterocycles. The number of thiazole rings is 1. The molecular formula is C22H23N3OS. The van der Waals surface area contributed by atoms with Crippen LogP contribution in [0.4, 0.5) is 5.13 Å². The topological polar surface area (TPSA) is 65.8 Å². The summed E-state index contributed by atoms with van der Waals surface area (Å²) in [5.74, 6) is -0.226. The predicted octanol–water partition coefficient (Wildman–Crippen LogP) is 5.83. The number of amides is 1. The van der Waals surface area contributed by atoms with E-state index in [1.165, 1.54) is 16.9 Å². The van der Waals surface area contributed by atoms with E-state index in [1.807, 2.05) is 19.9 Å². The van der Waals surface area contributed by atoms with Crippen LogP contribution in [0.15, 0.2) is 48.5 Å². The van der Waals surface area contributed by atoms with E-state index in [1.54, 1.807) is 24.3 Å². The van der Waals surface area contributed by atoms with Gasteiger partial charge in [-0.3, -0.25) is 10.1 Å². The van der Waals surface area contributed by atoms with Gasteiger partial charge in [0.2, 0.25) is 0 Å². The fraction of sp³-hybridized carbons (Fsp3) is 0.227. The highest BCUT2D eigenvalue weighted by Gasteiger charge is 2.14. The minimum Gasteiger partial charge on any atom is -0.298 e. The number of nitrogens with one attached hydrogen (secondary N) is 1. The van der Waals surface area contributed by atoms with Gasteiger partial charge in [0.05, 0.1) is 17.3 Å². The van der Waals surface area contributed by atoms with Crippen LogP contribution in [0, 0.1) is 18.3 Å². The van der Waals surface area contributed by atoms with Gasteiger partial charge in [-0.25, -0.2) is 4.98 Å². The number of hydrogen-bond donors (Lipinski definition) is 1. The summed E-state index contributed by atoms with van der Waals surface area (Å²) in [5.41, 5.74) is 4.21. The molecule has 0 bridgehead atoms. The lowest BCUT2D eigenvalue weighted by Gasteiger charge is -2.02. The van der Waals surface area contributed by atoms with Gasteiger partial charge >= 0.3 is 0 Å². The molecule has 0 atom stereocenters. The Bertz CT molecular complexity index is 935. The average Bonchev–Trinajstić information content (AvgIpc) is 3.13. The summed E-state index contributed by atoms with van der Waals surface area (Å²) in [7, 11) is 0. The van der Waals surface area contributed by atoms with Crippen molar-refractivity contribution in [2.75, 3.05) is 5.32 Å². The lowest BCUT2D eigenvalue weighted by molar-refractivity contribution is 0.102. The van der Waals surface area contributed by atoms with Crippen molar-refractivity contribution in [3.05, 3.63) is 70.1 Å². The number of nitrogens with zero attached hydrogens (tertiary/aromatic N) is 2. The van der Waals surface area contributed by atoms with Crippen molar-refractivity contribution in [1.29, 1.82) is 5.26 Å². The van der Waals surface area contributed by atoms with Crippen molar-refractivity contribution in [2.24, 2.45) is 0 Å². The molecular weight excluding hydrogens is 354 g/mol. The Morgan fingerprint density at radius 1 is 1.11 bits per heavy atom. The quantitative estimate of drug-likeness (QED) is 0.622. The number of carbonyl (C=O) groups excluding carboxylic acids is 1. The van der Waals surface area contributed by atoms with E-state index < -0.39 is 0 Å². The summed E-state index contributed by atoms with van der Waals surface area (Å²) < 4.78 is 0. The highest BCUT2D eigenvalue weighted by Crippen LogP contribution is 2.32. The second kappa shape index (κ2) is 9.65. The largest absolute Gasteiger partial charge is 0.298 e. The van der Waals surface area contributed by atoms with Crippen LogP contribution in [0.1, 0.15) is 47.1 Å². The van der Waals surface area contributed by atoms with Crippen LogP contribution in [0.2, 0.25) is 0 Å². The van der Waals surface area contributed by atoms with Crippen molar-refractivity contribution in [3.8, 4) is 17.3 Å². The normalized spacial score (nSPS) is 9.74. The fourth-order valence-corrected chi connectivity index (χ4v) is 3.37. The average molecular weight is 378 g/mol. The standard InChI is InChI=1S/C20H17N3OS.C2H6/c1-3-17-18(15-8-4-13(2)5-9-15)22-20(25-17)23-19(24)16-10-6-14(12-21)7-11-16;1-2/h4-11H,3H2,1-2H3,(H,22,23,24);1-2H3. The van der Waals surface area contributed by atoms with E-state index in [-0.39, 0.29) is 5.91 Å². The molecule has 1 aromatic heterocycles. The predicted molar refractivity (Wildman–Crippen MR) is 112 cm³/mol. The summed E-state index contributed by atoms with van der Waals surface area (Å²) in [5, 5.41) is 12.3. The number of rotatable bonds is 4. The smallest absolute Gasteiger partial charge is 0.257 e. The molecule has 4 nitrogen and oxygen atoms in total. The molecule has 0 saturated carbocycles. The van der Waals surface area contributed by atoms with Crippen molar-refractivity contribution in [3.63, 3.8) is 0 Å². The van der Waals surface area contributed by atoms with Gasteiger partial charge in [-0.05, 0) is 37.6 Å². The Morgan fingerprint density at radius 2 is 1.74 bits per heavy atom. The van der Waals surface area contributed by atoms with Gasteiger partial charge in [0.25, 0.3) is 5.91 Å². The fourth-order valence-electron chi connectivity index (χ4n) is 2.45. The first kappa shape index (κ1) is 20.3. The van der Waals surface area contributed by atoms with Crippen molar-refractivity contribution in [1.82, 2.24) is 4.98 Å². The second-order valence-corrected chi connectivity index (χ2v) is 6.74. The minimum atomic E-state index is -0.226. The molecule has 3 rings (SSSR count). The summed E-state index contributed by atoms with van der Waals surface area (Å²) in [6.07, 6.45) is 0.855. The highest BCUT2D eigenvalue weighted by atomic mass is 32.1. The van der Waals surface area contributed by atoms with Gasteiger partial charge in [0.15, 0.2) is 5.13 Å². The van der Waals surface area contributed by atoms with Crippen LogP contribution in [0.5, 0.6) is 0 Å². The number of anilines is 1. The van der Waals surface area contributed by atoms with E-state index in [4.69, 9.17) is 5.26 Å². The van der Waals surface area contributed by atoms with Crippen LogP contribution in [-0.4, -0.2) is 10.9 Å². The molecule has 1 amide bonds. The van der Waals surface area contributed by atoms with Crippen LogP contribution >= 0.6 is 11.3 Å². The lowest BCUT2D eigenvalue weighted by atomic mass is 10.1. The third-order valence-corrected chi connectivity index (χ3v) is 4.96. The maximum atomic E-state index is 12.4. The Labute approximate surface area is 164 Å². The Balaban J connectivity index is 0.00000126. The third kappa shape index (κ3) is 5.02. The molecule has 0 radical (unpaired) electrons. The molecule has 0 aliphatic carbocycles. The first-order chi connectivity index (χ1) is 13.1. The number of aromatic nitrogens is 1. The van der Waals surface area contributed by atoms with E-state index in [0.29, 0.717) is 16.3 Å². The van der Waals surface area contributed by atoms with E-state index in [2.05, 4.69) is 48.4 Å². The van der Waals surface area contributed by atoms with Crippen molar-refractivity contribution in [2.45, 2.75) is 34.1 Å². The first-order valence-corrected chi connectivity index (χ1v) is 9.80.